The van der Waals surface area contributed by atoms with E-state index in [2.05, 4.69) is 20.8 Å². The molecule has 2 atom stereocenters. The lowest BCUT2D eigenvalue weighted by molar-refractivity contribution is -0.0894. The summed E-state index contributed by atoms with van der Waals surface area (Å²) in [6.45, 7) is 13.6. The summed E-state index contributed by atoms with van der Waals surface area (Å²) in [6.07, 6.45) is 2.36. The van der Waals surface area contributed by atoms with Gasteiger partial charge < -0.3 is 18.8 Å². The van der Waals surface area contributed by atoms with Crippen LogP contribution in [0.1, 0.15) is 107 Å². The molecule has 1 amide bonds. The number of sulfone groups is 1. The molecule has 0 radical (unpaired) electrons. The molecule has 14 nitrogen and oxygen atoms in total. The first-order chi connectivity index (χ1) is 27.3. The van der Waals surface area contributed by atoms with Crippen LogP contribution in [0.4, 0.5) is 19.5 Å². The number of nitrogens with zero attached hydrogens (tertiary/aromatic N) is 5. The molecule has 3 aromatic rings. The summed E-state index contributed by atoms with van der Waals surface area (Å²) >= 11 is -2.45. The third-order valence-corrected chi connectivity index (χ3v) is 13.1. The number of carbonyl (C=O) groups is 2. The summed E-state index contributed by atoms with van der Waals surface area (Å²) in [5, 5.41) is 14.1. The van der Waals surface area contributed by atoms with Crippen LogP contribution in [0.25, 0.3) is 6.08 Å². The summed E-state index contributed by atoms with van der Waals surface area (Å²) in [7, 11) is -5.68. The second-order valence-electron chi connectivity index (χ2n) is 16.6. The van der Waals surface area contributed by atoms with E-state index in [1.807, 2.05) is 6.07 Å². The van der Waals surface area contributed by atoms with E-state index in [1.165, 1.54) is 58.0 Å². The van der Waals surface area contributed by atoms with Crippen LogP contribution in [-0.2, 0) is 30.7 Å². The summed E-state index contributed by atoms with van der Waals surface area (Å²) in [4.78, 5) is 37.5. The van der Waals surface area contributed by atoms with E-state index in [-0.39, 0.29) is 31.6 Å². The van der Waals surface area contributed by atoms with Gasteiger partial charge in [-0.15, -0.1) is 4.72 Å². The summed E-state index contributed by atoms with van der Waals surface area (Å²) < 4.78 is 95.2. The largest absolute Gasteiger partial charge is 0.598 e. The fourth-order valence-electron chi connectivity index (χ4n) is 7.08. The highest BCUT2D eigenvalue weighted by molar-refractivity contribution is 7.93. The standard InChI is InChI=1S/C41H46F2N6O8S2/c1-10-55-34(50)30-29(32(48-58(52)38(7,8)9)41(42,43)59(53,54)28-16-12-11-13-17-28)33(56-31-25(2)19-27(15-14-18-44)20-26(31)3)47-35(46-30)49(36(51)57-37(4,5)6)40-21-39(22-40,23-40)24-45/h11-17,19-20,32,48H,10,21-23H2,1-9H3/b15-14+. The highest BCUT2D eigenvalue weighted by Gasteiger charge is 2.73. The number of esters is 1. The minimum absolute atomic E-state index is 0.0301. The quantitative estimate of drug-likeness (QED) is 0.0985. The lowest BCUT2D eigenvalue weighted by atomic mass is 9.39. The third kappa shape index (κ3) is 8.77. The maximum Gasteiger partial charge on any atom is 0.417 e. The van der Waals surface area contributed by atoms with Crippen molar-refractivity contribution in [2.24, 2.45) is 5.41 Å². The first-order valence-electron chi connectivity index (χ1n) is 18.6. The molecule has 2 bridgehead atoms. The topological polar surface area (TPSA) is 208 Å². The molecule has 3 saturated carbocycles. The number of hydrogen-bond donors (Lipinski definition) is 1. The zero-order valence-corrected chi connectivity index (χ0v) is 35.8. The van der Waals surface area contributed by atoms with Crippen molar-refractivity contribution in [1.82, 2.24) is 14.7 Å². The Labute approximate surface area is 345 Å². The predicted octanol–water partition coefficient (Wildman–Crippen LogP) is 7.95. The number of benzene rings is 2. The van der Waals surface area contributed by atoms with Crippen molar-refractivity contribution in [2.45, 2.75) is 114 Å². The molecule has 3 aliphatic carbocycles. The van der Waals surface area contributed by atoms with Gasteiger partial charge in [-0.3, -0.25) is 0 Å². The number of alkyl halides is 2. The van der Waals surface area contributed by atoms with Crippen LogP contribution in [0.15, 0.2) is 53.4 Å². The van der Waals surface area contributed by atoms with Crippen LogP contribution in [0.5, 0.6) is 11.6 Å². The minimum Gasteiger partial charge on any atom is -0.598 e. The van der Waals surface area contributed by atoms with E-state index in [0.29, 0.717) is 16.7 Å². The molecule has 1 heterocycles. The maximum absolute atomic E-state index is 17.4. The lowest BCUT2D eigenvalue weighted by Gasteiger charge is -2.69. The Morgan fingerprint density at radius 3 is 2.15 bits per heavy atom. The fraction of sp³-hybridized carbons (Fsp3) is 0.463. The Bertz CT molecular complexity index is 2320. The summed E-state index contributed by atoms with van der Waals surface area (Å²) in [5.74, 6) is -2.63. The number of ether oxygens (including phenoxy) is 3. The van der Waals surface area contributed by atoms with Crippen molar-refractivity contribution < 1.29 is 45.6 Å². The number of halogens is 2. The highest BCUT2D eigenvalue weighted by Crippen LogP contribution is 2.70. The van der Waals surface area contributed by atoms with Gasteiger partial charge in [-0.05, 0) is 129 Å². The van der Waals surface area contributed by atoms with E-state index in [1.54, 1.807) is 46.8 Å². The van der Waals surface area contributed by atoms with Gasteiger partial charge in [0.25, 0.3) is 0 Å². The zero-order valence-electron chi connectivity index (χ0n) is 34.2. The average Bonchev–Trinajstić information content (AvgIpc) is 3.10. The van der Waals surface area contributed by atoms with Crippen LogP contribution in [0.3, 0.4) is 0 Å². The van der Waals surface area contributed by atoms with Crippen molar-refractivity contribution in [3.05, 3.63) is 76.5 Å². The van der Waals surface area contributed by atoms with E-state index in [4.69, 9.17) is 19.5 Å². The SMILES string of the molecule is CCOC(=O)c1nc(N(C(=O)OC(C)(C)C)C23CC(C#N)(C2)C3)nc(Oc2c(C)cc(/C=C/C#N)cc2C)c1C(N[S+]([O-])C(C)(C)C)C(F)(F)S(=O)(=O)c1ccccc1. The van der Waals surface area contributed by atoms with E-state index < -0.39 is 93.8 Å². The molecule has 0 spiro atoms. The smallest absolute Gasteiger partial charge is 0.417 e. The summed E-state index contributed by atoms with van der Waals surface area (Å²) in [5.41, 5.74) is -3.35. The molecule has 1 aromatic heterocycles. The van der Waals surface area contributed by atoms with Gasteiger partial charge in [-0.1, -0.05) is 18.2 Å². The molecule has 314 valence electrons. The molecule has 1 N–H and O–H groups in total. The number of hydrogen-bond acceptors (Lipinski definition) is 13. The monoisotopic (exact) mass is 852 g/mol. The molecule has 3 fully saturated rings. The normalized spacial score (nSPS) is 20.0. The Hall–Kier alpha value is -5.14. The molecule has 0 saturated heterocycles. The van der Waals surface area contributed by atoms with Crippen molar-refractivity contribution >= 4 is 45.3 Å². The van der Waals surface area contributed by atoms with Crippen LogP contribution in [0, 0.1) is 41.9 Å². The maximum atomic E-state index is 17.4. The number of nitrogens with one attached hydrogen (secondary N) is 1. The third-order valence-electron chi connectivity index (χ3n) is 9.71. The number of carbonyl (C=O) groups excluding carboxylic acids is 2. The van der Waals surface area contributed by atoms with Gasteiger partial charge in [0.15, 0.2) is 11.7 Å². The molecular formula is C41H46F2N6O8S2. The number of rotatable bonds is 13. The fourth-order valence-corrected chi connectivity index (χ4v) is 9.30. The first-order valence-corrected chi connectivity index (χ1v) is 21.2. The van der Waals surface area contributed by atoms with Gasteiger partial charge in [0.05, 0.1) is 40.2 Å². The number of nitriles is 2. The second kappa shape index (κ2) is 16.1. The molecular weight excluding hydrogens is 807 g/mol. The Balaban J connectivity index is 1.90. The number of amides is 1. The van der Waals surface area contributed by atoms with Gasteiger partial charge >= 0.3 is 17.3 Å². The minimum atomic E-state index is -5.68. The first kappa shape index (κ1) is 45.0. The van der Waals surface area contributed by atoms with Gasteiger partial charge in [-0.25, -0.2) is 27.9 Å². The van der Waals surface area contributed by atoms with Gasteiger partial charge in [0, 0.05) is 17.4 Å². The number of aryl methyl sites for hydroxylation is 2. The van der Waals surface area contributed by atoms with Crippen LogP contribution in [-0.4, -0.2) is 62.7 Å². The van der Waals surface area contributed by atoms with Crippen molar-refractivity contribution in [3.63, 3.8) is 0 Å². The Morgan fingerprint density at radius 1 is 1.05 bits per heavy atom. The molecule has 18 heteroatoms. The van der Waals surface area contributed by atoms with Crippen molar-refractivity contribution in [1.29, 1.82) is 10.5 Å². The molecule has 6 rings (SSSR count). The van der Waals surface area contributed by atoms with E-state index in [9.17, 15) is 27.8 Å². The molecule has 2 aromatic carbocycles. The highest BCUT2D eigenvalue weighted by atomic mass is 32.2. The number of allylic oxidation sites excluding steroid dienone is 1. The van der Waals surface area contributed by atoms with E-state index in [0.717, 1.165) is 17.0 Å². The van der Waals surface area contributed by atoms with Gasteiger partial charge in [-0.2, -0.15) is 24.3 Å². The van der Waals surface area contributed by atoms with Gasteiger partial charge in [0.2, 0.25) is 21.7 Å². The van der Waals surface area contributed by atoms with Crippen LogP contribution < -0.4 is 14.4 Å². The van der Waals surface area contributed by atoms with Crippen LogP contribution >= 0.6 is 0 Å². The van der Waals surface area contributed by atoms with Crippen molar-refractivity contribution in [3.8, 4) is 23.8 Å². The number of aromatic nitrogens is 2. The molecule has 2 unspecified atom stereocenters. The second-order valence-corrected chi connectivity index (χ2v) is 20.7. The molecule has 3 aliphatic rings. The molecule has 0 aliphatic heterocycles. The lowest BCUT2D eigenvalue weighted by Crippen LogP contribution is -2.76. The Kier molecular flexibility index (Phi) is 12.3. The number of anilines is 1. The predicted molar refractivity (Wildman–Crippen MR) is 214 cm³/mol. The van der Waals surface area contributed by atoms with Crippen molar-refractivity contribution in [2.75, 3.05) is 11.5 Å². The average molecular weight is 853 g/mol. The van der Waals surface area contributed by atoms with E-state index >= 15 is 8.78 Å². The van der Waals surface area contributed by atoms with Gasteiger partial charge in [0.1, 0.15) is 16.1 Å². The summed E-state index contributed by atoms with van der Waals surface area (Å²) in [6, 6.07) is 10.4. The zero-order chi connectivity index (χ0) is 43.9. The van der Waals surface area contributed by atoms with Crippen LogP contribution in [0.2, 0.25) is 0 Å². The Morgan fingerprint density at radius 2 is 1.64 bits per heavy atom. The molecule has 59 heavy (non-hydrogen) atoms.